The summed E-state index contributed by atoms with van der Waals surface area (Å²) in [5.41, 5.74) is 10.4. The molecule has 8 nitrogen and oxygen atoms in total. The fourth-order valence-corrected chi connectivity index (χ4v) is 7.31. The SMILES string of the molecule is C1=CC2c3ccccc3N(c3nc(-c4nc(-c5ccccc5)cc(-c5ccccc5)n4)cc(-c4nc(-c5ccccc5)cc(-c5ccccc5)n4)n3)C2C=N1. The highest BCUT2D eigenvalue weighted by molar-refractivity contribution is 5.86. The summed E-state index contributed by atoms with van der Waals surface area (Å²) in [6.45, 7) is 0. The molecule has 10 rings (SSSR count). The van der Waals surface area contributed by atoms with E-state index in [0.717, 1.165) is 50.7 Å². The third-order valence-electron chi connectivity index (χ3n) is 9.96. The quantitative estimate of drug-likeness (QED) is 0.163. The molecule has 0 aliphatic carbocycles. The lowest BCUT2D eigenvalue weighted by atomic mass is 9.94. The lowest BCUT2D eigenvalue weighted by Crippen LogP contribution is -2.33. The predicted molar refractivity (Wildman–Crippen MR) is 219 cm³/mol. The van der Waals surface area contributed by atoms with E-state index in [2.05, 4.69) is 82.7 Å². The van der Waals surface area contributed by atoms with Crippen LogP contribution in [0.2, 0.25) is 0 Å². The molecule has 2 unspecified atom stereocenters. The smallest absolute Gasteiger partial charge is 0.231 e. The summed E-state index contributed by atoms with van der Waals surface area (Å²) in [5.74, 6) is 1.51. The first-order chi connectivity index (χ1) is 27.2. The van der Waals surface area contributed by atoms with Gasteiger partial charge in [-0.15, -0.1) is 0 Å². The molecule has 2 aliphatic rings. The Morgan fingerprint density at radius 3 is 1.25 bits per heavy atom. The molecule has 0 amide bonds. The Balaban J connectivity index is 1.23. The molecule has 5 heterocycles. The Morgan fingerprint density at radius 1 is 0.400 bits per heavy atom. The number of hydrogen-bond acceptors (Lipinski definition) is 8. The zero-order valence-electron chi connectivity index (χ0n) is 29.6. The number of fused-ring (bicyclic) bond motifs is 3. The molecule has 8 heteroatoms. The van der Waals surface area contributed by atoms with E-state index >= 15 is 0 Å². The number of benzene rings is 5. The average molecular weight is 709 g/mol. The van der Waals surface area contributed by atoms with Gasteiger partial charge in [-0.1, -0.05) is 146 Å². The molecular weight excluding hydrogens is 677 g/mol. The van der Waals surface area contributed by atoms with Crippen LogP contribution in [0.4, 0.5) is 11.6 Å². The number of aromatic nitrogens is 6. The molecule has 0 N–H and O–H groups in total. The highest BCUT2D eigenvalue weighted by Gasteiger charge is 2.39. The minimum Gasteiger partial charge on any atom is -0.301 e. The second kappa shape index (κ2) is 13.8. The second-order valence-corrected chi connectivity index (χ2v) is 13.4. The monoisotopic (exact) mass is 708 g/mol. The topological polar surface area (TPSA) is 92.9 Å². The van der Waals surface area contributed by atoms with Gasteiger partial charge in [-0.2, -0.15) is 0 Å². The van der Waals surface area contributed by atoms with E-state index in [9.17, 15) is 0 Å². The Bertz CT molecular complexity index is 2460. The Labute approximate surface area is 318 Å². The molecule has 0 fully saturated rings. The van der Waals surface area contributed by atoms with Crippen LogP contribution in [0.25, 0.3) is 68.1 Å². The third-order valence-corrected chi connectivity index (χ3v) is 9.96. The van der Waals surface area contributed by atoms with E-state index in [1.54, 1.807) is 0 Å². The van der Waals surface area contributed by atoms with Crippen LogP contribution in [0.1, 0.15) is 11.5 Å². The summed E-state index contributed by atoms with van der Waals surface area (Å²) < 4.78 is 0. The molecule has 0 radical (unpaired) electrons. The molecule has 0 bridgehead atoms. The number of para-hydroxylation sites is 1. The molecule has 55 heavy (non-hydrogen) atoms. The normalized spacial score (nSPS) is 15.5. The third kappa shape index (κ3) is 6.15. The fraction of sp³-hybridized carbons (Fsp3) is 0.0426. The van der Waals surface area contributed by atoms with Crippen molar-refractivity contribution < 1.29 is 0 Å². The first-order valence-corrected chi connectivity index (χ1v) is 18.2. The van der Waals surface area contributed by atoms with Crippen LogP contribution in [0.5, 0.6) is 0 Å². The number of aliphatic imine (C=N–C) groups is 1. The van der Waals surface area contributed by atoms with Gasteiger partial charge in [0.25, 0.3) is 0 Å². The van der Waals surface area contributed by atoms with Gasteiger partial charge in [0.1, 0.15) is 11.4 Å². The predicted octanol–water partition coefficient (Wildman–Crippen LogP) is 10.3. The van der Waals surface area contributed by atoms with Crippen molar-refractivity contribution in [3.63, 3.8) is 0 Å². The van der Waals surface area contributed by atoms with E-state index in [0.29, 0.717) is 29.0 Å². The first-order valence-electron chi connectivity index (χ1n) is 18.2. The van der Waals surface area contributed by atoms with Crippen molar-refractivity contribution >= 4 is 17.9 Å². The van der Waals surface area contributed by atoms with Crippen molar-refractivity contribution in [1.29, 1.82) is 0 Å². The molecule has 2 aliphatic heterocycles. The van der Waals surface area contributed by atoms with E-state index in [-0.39, 0.29) is 12.0 Å². The largest absolute Gasteiger partial charge is 0.301 e. The number of rotatable bonds is 7. The van der Waals surface area contributed by atoms with Gasteiger partial charge < -0.3 is 4.90 Å². The Hall–Kier alpha value is -7.45. The fourth-order valence-electron chi connectivity index (χ4n) is 7.31. The Morgan fingerprint density at radius 2 is 0.800 bits per heavy atom. The summed E-state index contributed by atoms with van der Waals surface area (Å²) in [6.07, 6.45) is 5.98. The van der Waals surface area contributed by atoms with Crippen LogP contribution in [-0.4, -0.2) is 42.2 Å². The Kier molecular flexibility index (Phi) is 8.11. The summed E-state index contributed by atoms with van der Waals surface area (Å²) in [5, 5.41) is 0. The zero-order valence-corrected chi connectivity index (χ0v) is 29.6. The van der Waals surface area contributed by atoms with Crippen molar-refractivity contribution in [2.75, 3.05) is 4.90 Å². The minimum atomic E-state index is -0.126. The van der Waals surface area contributed by atoms with Crippen LogP contribution in [-0.2, 0) is 0 Å². The molecule has 0 saturated heterocycles. The molecule has 8 aromatic rings. The lowest BCUT2D eigenvalue weighted by Gasteiger charge is -2.26. The minimum absolute atomic E-state index is 0.0917. The molecule has 0 spiro atoms. The van der Waals surface area contributed by atoms with Gasteiger partial charge >= 0.3 is 0 Å². The molecular formula is C47H32N8. The molecule has 260 valence electrons. The van der Waals surface area contributed by atoms with Crippen molar-refractivity contribution in [3.05, 3.63) is 182 Å². The number of hydrogen-bond donors (Lipinski definition) is 0. The lowest BCUT2D eigenvalue weighted by molar-refractivity contribution is 0.770. The molecule has 0 saturated carbocycles. The number of anilines is 2. The standard InChI is InChI=1S/C47H32N8/c1-5-15-31(16-6-1)37-27-38(32-17-7-2-8-18-32)50-45(49-37)41-29-42(54-47(53-41)55-43-24-14-13-23-35(43)36-25-26-48-30-44(36)55)46-51-39(33-19-9-3-10-20-33)28-40(52-46)34-21-11-4-12-22-34/h1-30,36,44H. The van der Waals surface area contributed by atoms with E-state index in [1.165, 1.54) is 5.56 Å². The summed E-state index contributed by atoms with van der Waals surface area (Å²) in [6, 6.07) is 54.9. The van der Waals surface area contributed by atoms with Crippen molar-refractivity contribution in [3.8, 4) is 68.1 Å². The summed E-state index contributed by atoms with van der Waals surface area (Å²) in [7, 11) is 0. The van der Waals surface area contributed by atoms with Gasteiger partial charge in [0.2, 0.25) is 5.95 Å². The molecule has 3 aromatic heterocycles. The van der Waals surface area contributed by atoms with Crippen LogP contribution >= 0.6 is 0 Å². The van der Waals surface area contributed by atoms with Crippen LogP contribution in [0.3, 0.4) is 0 Å². The molecule has 2 atom stereocenters. The zero-order chi connectivity index (χ0) is 36.6. The maximum absolute atomic E-state index is 5.28. The highest BCUT2D eigenvalue weighted by Crippen LogP contribution is 2.46. The second-order valence-electron chi connectivity index (χ2n) is 13.4. The highest BCUT2D eigenvalue weighted by atomic mass is 15.3. The van der Waals surface area contributed by atoms with Crippen molar-refractivity contribution in [2.45, 2.75) is 12.0 Å². The summed E-state index contributed by atoms with van der Waals surface area (Å²) >= 11 is 0. The van der Waals surface area contributed by atoms with E-state index < -0.39 is 0 Å². The van der Waals surface area contributed by atoms with Crippen LogP contribution in [0, 0.1) is 0 Å². The van der Waals surface area contributed by atoms with Gasteiger partial charge in [-0.25, -0.2) is 29.9 Å². The van der Waals surface area contributed by atoms with Gasteiger partial charge in [0, 0.05) is 46.3 Å². The van der Waals surface area contributed by atoms with Gasteiger partial charge in [-0.05, 0) is 29.8 Å². The van der Waals surface area contributed by atoms with Crippen LogP contribution in [0.15, 0.2) is 181 Å². The van der Waals surface area contributed by atoms with Gasteiger partial charge in [-0.3, -0.25) is 4.99 Å². The van der Waals surface area contributed by atoms with Crippen molar-refractivity contribution in [2.24, 2.45) is 4.99 Å². The van der Waals surface area contributed by atoms with Gasteiger partial charge in [0.05, 0.1) is 28.8 Å². The first kappa shape index (κ1) is 32.2. The average Bonchev–Trinajstić information content (AvgIpc) is 3.61. The van der Waals surface area contributed by atoms with Gasteiger partial charge in [0.15, 0.2) is 11.6 Å². The number of nitrogens with zero attached hydrogens (tertiary/aromatic N) is 8. The summed E-state index contributed by atoms with van der Waals surface area (Å²) in [4.78, 5) is 37.9. The maximum atomic E-state index is 5.28. The van der Waals surface area contributed by atoms with E-state index in [4.69, 9.17) is 29.9 Å². The van der Waals surface area contributed by atoms with Crippen molar-refractivity contribution in [1.82, 2.24) is 29.9 Å². The van der Waals surface area contributed by atoms with Crippen LogP contribution < -0.4 is 4.90 Å². The maximum Gasteiger partial charge on any atom is 0.231 e. The molecule has 5 aromatic carbocycles. The van der Waals surface area contributed by atoms with E-state index in [1.807, 2.05) is 109 Å².